The van der Waals surface area contributed by atoms with Crippen molar-refractivity contribution in [1.29, 1.82) is 0 Å². The Balaban J connectivity index is 0.967. The van der Waals surface area contributed by atoms with Gasteiger partial charge >= 0.3 is 0 Å². The van der Waals surface area contributed by atoms with E-state index in [4.69, 9.17) is 14.6 Å². The molecular weight excluding hydrogens is 570 g/mol. The fraction of sp³-hybridized carbons (Fsp3) is 0.917. The number of hydrogen-bond acceptors (Lipinski definition) is 7. The van der Waals surface area contributed by atoms with Crippen molar-refractivity contribution in [3.05, 3.63) is 0 Å². The van der Waals surface area contributed by atoms with Gasteiger partial charge in [-0.2, -0.15) is 0 Å². The number of aliphatic hydroxyl groups is 1. The number of carbonyl (C=O) groups is 3. The van der Waals surface area contributed by atoms with Gasteiger partial charge in [-0.05, 0) is 80.0 Å². The number of carbonyl (C=O) groups excluding carboxylic acids is 3. The summed E-state index contributed by atoms with van der Waals surface area (Å²) in [5, 5.41) is 12.4. The second-order valence-electron chi connectivity index (χ2n) is 16.7. The number of amides is 2. The average Bonchev–Trinajstić information content (AvgIpc) is 3.46. The van der Waals surface area contributed by atoms with Gasteiger partial charge in [0.2, 0.25) is 11.8 Å². The van der Waals surface area contributed by atoms with E-state index >= 15 is 0 Å². The number of ether oxygens (including phenoxy) is 2. The smallest absolute Gasteiger partial charge is 0.232 e. The number of nitrogens with zero attached hydrogens (tertiary/aromatic N) is 2. The maximum absolute atomic E-state index is 14.4. The van der Waals surface area contributed by atoms with Gasteiger partial charge in [0, 0.05) is 68.9 Å². The molecule has 3 aliphatic heterocycles. The Hall–Kier alpha value is -1.55. The number of hydrogen-bond donors (Lipinski definition) is 2. The van der Waals surface area contributed by atoms with Crippen molar-refractivity contribution >= 4 is 17.6 Å². The molecule has 0 aromatic rings. The number of Topliss-reactive ketones (excluding diaryl/α,β-unsaturated/α-hetero) is 1. The summed E-state index contributed by atoms with van der Waals surface area (Å²) in [6.45, 7) is 13.5. The van der Waals surface area contributed by atoms with Gasteiger partial charge in [-0.25, -0.2) is 0 Å². The fourth-order valence-corrected chi connectivity index (χ4v) is 12.0. The third-order valence-corrected chi connectivity index (χ3v) is 14.6. The summed E-state index contributed by atoms with van der Waals surface area (Å²) in [6.07, 6.45) is 8.96. The third-order valence-electron chi connectivity index (χ3n) is 14.6. The van der Waals surface area contributed by atoms with Crippen molar-refractivity contribution < 1.29 is 29.0 Å². The summed E-state index contributed by atoms with van der Waals surface area (Å²) >= 11 is 0. The molecular formula is C36H57N3O6. The van der Waals surface area contributed by atoms with Crippen LogP contribution in [0.4, 0.5) is 0 Å². The number of ketones is 1. The van der Waals surface area contributed by atoms with Gasteiger partial charge in [-0.3, -0.25) is 19.3 Å². The van der Waals surface area contributed by atoms with Crippen molar-refractivity contribution in [1.82, 2.24) is 15.1 Å². The van der Waals surface area contributed by atoms with Crippen LogP contribution < -0.4 is 5.32 Å². The second-order valence-corrected chi connectivity index (χ2v) is 16.7. The topological polar surface area (TPSA) is 108 Å². The van der Waals surface area contributed by atoms with Crippen LogP contribution in [0, 0.1) is 52.3 Å². The molecule has 1 unspecified atom stereocenters. The summed E-state index contributed by atoms with van der Waals surface area (Å²) in [5.74, 6) is 2.58. The first kappa shape index (κ1) is 32.0. The van der Waals surface area contributed by atoms with E-state index in [1.54, 1.807) is 4.90 Å². The Labute approximate surface area is 269 Å². The molecule has 3 saturated heterocycles. The second kappa shape index (κ2) is 11.9. The molecule has 7 rings (SSSR count). The van der Waals surface area contributed by atoms with E-state index in [2.05, 4.69) is 37.9 Å². The first-order valence-corrected chi connectivity index (χ1v) is 18.2. The Morgan fingerprint density at radius 2 is 1.78 bits per heavy atom. The van der Waals surface area contributed by atoms with Crippen LogP contribution in [0.3, 0.4) is 0 Å². The molecule has 45 heavy (non-hydrogen) atoms. The number of β-amino-alcohol motifs (C(OH)–C–C–N with tert-alkyl or cyclic N) is 1. The lowest BCUT2D eigenvalue weighted by atomic mass is 9.44. The molecule has 9 heteroatoms. The summed E-state index contributed by atoms with van der Waals surface area (Å²) in [4.78, 5) is 44.1. The van der Waals surface area contributed by atoms with Crippen molar-refractivity contribution in [2.24, 2.45) is 52.3 Å². The van der Waals surface area contributed by atoms with Crippen molar-refractivity contribution in [2.75, 3.05) is 45.9 Å². The van der Waals surface area contributed by atoms with Gasteiger partial charge in [0.25, 0.3) is 0 Å². The molecule has 0 aromatic carbocycles. The molecule has 2 amide bonds. The third kappa shape index (κ3) is 5.21. The molecule has 9 nitrogen and oxygen atoms in total. The number of rotatable bonds is 5. The van der Waals surface area contributed by atoms with E-state index in [0.29, 0.717) is 61.4 Å². The van der Waals surface area contributed by atoms with Crippen LogP contribution in [-0.2, 0) is 23.9 Å². The Morgan fingerprint density at radius 1 is 1.00 bits per heavy atom. The fourth-order valence-electron chi connectivity index (χ4n) is 12.0. The highest BCUT2D eigenvalue weighted by atomic mass is 16.7. The van der Waals surface area contributed by atoms with E-state index < -0.39 is 5.79 Å². The first-order chi connectivity index (χ1) is 21.5. The zero-order valence-electron chi connectivity index (χ0n) is 28.1. The SMILES string of the molecule is C[C@@H]1CC[C@@]2(OC1)O[C@H]1C[C@H]3[C@@H]4CC[C@H]5CC(NC(=O)CC(=O)N6CCN(CCO)CC6)CC[C@]5(C)[C@H]4CC(=O)[C@]3(C)[C@H]1[C@@H]2C. The lowest BCUT2D eigenvalue weighted by molar-refractivity contribution is -0.272. The zero-order chi connectivity index (χ0) is 31.7. The van der Waals surface area contributed by atoms with Crippen LogP contribution in [0.15, 0.2) is 0 Å². The maximum atomic E-state index is 14.4. The molecule has 2 N–H and O–H groups in total. The Bertz CT molecular complexity index is 1160. The average molecular weight is 628 g/mol. The van der Waals surface area contributed by atoms with E-state index in [-0.39, 0.29) is 59.7 Å². The minimum absolute atomic E-state index is 0.0912. The monoisotopic (exact) mass is 627 g/mol. The number of fused-ring (bicyclic) bond motifs is 7. The standard InChI is InChI=1S/C36H57N3O6/c1-22-7-10-36(44-21-22)23(2)33-29(45-36)18-28-26-6-5-24-17-25(8-9-34(24,3)27(26)19-30(41)35(28,33)4)37-31(42)20-32(43)39-13-11-38(12-14-39)15-16-40/h22-29,33,40H,5-21H2,1-4H3,(H,37,42)/t22-,23+,24+,25?,26-,27+,28+,29+,33+,34+,35-,36-/m1/s1. The van der Waals surface area contributed by atoms with Crippen LogP contribution in [0.1, 0.15) is 91.9 Å². The van der Waals surface area contributed by atoms with E-state index in [9.17, 15) is 14.4 Å². The number of piperazine rings is 1. The van der Waals surface area contributed by atoms with Crippen LogP contribution in [-0.4, -0.2) is 96.4 Å². The summed E-state index contributed by atoms with van der Waals surface area (Å²) in [5.41, 5.74) is -0.216. The normalized spacial score (nSPS) is 48.0. The minimum Gasteiger partial charge on any atom is -0.395 e. The van der Waals surface area contributed by atoms with Gasteiger partial charge < -0.3 is 24.8 Å². The van der Waals surface area contributed by atoms with Crippen molar-refractivity contribution in [2.45, 2.75) is 110 Å². The summed E-state index contributed by atoms with van der Waals surface area (Å²) < 4.78 is 13.3. The highest BCUT2D eigenvalue weighted by Gasteiger charge is 2.71. The zero-order valence-corrected chi connectivity index (χ0v) is 28.1. The molecule has 7 fully saturated rings. The van der Waals surface area contributed by atoms with E-state index in [0.717, 1.165) is 71.1 Å². The van der Waals surface area contributed by atoms with Gasteiger partial charge in [0.1, 0.15) is 12.2 Å². The van der Waals surface area contributed by atoms with Gasteiger partial charge in [-0.15, -0.1) is 0 Å². The molecule has 0 radical (unpaired) electrons. The lowest BCUT2D eigenvalue weighted by Crippen LogP contribution is -2.59. The molecule has 4 saturated carbocycles. The molecule has 12 atom stereocenters. The highest BCUT2D eigenvalue weighted by molar-refractivity contribution is 5.97. The van der Waals surface area contributed by atoms with Crippen molar-refractivity contribution in [3.63, 3.8) is 0 Å². The highest BCUT2D eigenvalue weighted by Crippen LogP contribution is 2.70. The summed E-state index contributed by atoms with van der Waals surface area (Å²) in [6, 6.07) is 0.0976. The summed E-state index contributed by atoms with van der Waals surface area (Å²) in [7, 11) is 0. The van der Waals surface area contributed by atoms with Gasteiger partial charge in [0.05, 0.1) is 19.3 Å². The minimum atomic E-state index is -0.501. The maximum Gasteiger partial charge on any atom is 0.232 e. The molecule has 3 heterocycles. The predicted octanol–water partition coefficient (Wildman–Crippen LogP) is 3.62. The van der Waals surface area contributed by atoms with Crippen molar-refractivity contribution in [3.8, 4) is 0 Å². The Kier molecular flexibility index (Phi) is 8.43. The molecule has 252 valence electrons. The quantitative estimate of drug-likeness (QED) is 0.449. The number of nitrogens with one attached hydrogen (secondary N) is 1. The number of aliphatic hydroxyl groups excluding tert-OH is 1. The lowest BCUT2D eigenvalue weighted by Gasteiger charge is -2.60. The largest absolute Gasteiger partial charge is 0.395 e. The molecule has 1 spiro atoms. The molecule has 0 bridgehead atoms. The van der Waals surface area contributed by atoms with Crippen LogP contribution in [0.25, 0.3) is 0 Å². The predicted molar refractivity (Wildman–Crippen MR) is 169 cm³/mol. The Morgan fingerprint density at radius 3 is 2.49 bits per heavy atom. The van der Waals surface area contributed by atoms with Gasteiger partial charge in [0.15, 0.2) is 5.79 Å². The van der Waals surface area contributed by atoms with E-state index in [1.165, 1.54) is 0 Å². The molecule has 7 aliphatic rings. The molecule has 0 aromatic heterocycles. The van der Waals surface area contributed by atoms with Crippen LogP contribution >= 0.6 is 0 Å². The first-order valence-electron chi connectivity index (χ1n) is 18.2. The van der Waals surface area contributed by atoms with Crippen LogP contribution in [0.2, 0.25) is 0 Å². The van der Waals surface area contributed by atoms with Crippen LogP contribution in [0.5, 0.6) is 0 Å². The van der Waals surface area contributed by atoms with E-state index in [1.807, 2.05) is 0 Å². The van der Waals surface area contributed by atoms with Gasteiger partial charge in [-0.1, -0.05) is 27.7 Å². The molecule has 4 aliphatic carbocycles.